The van der Waals surface area contributed by atoms with Gasteiger partial charge in [0.2, 0.25) is 0 Å². The Balaban J connectivity index is 1.54. The molecule has 0 radical (unpaired) electrons. The van der Waals surface area contributed by atoms with Gasteiger partial charge < -0.3 is 4.90 Å². The van der Waals surface area contributed by atoms with Gasteiger partial charge in [0.1, 0.15) is 0 Å². The van der Waals surface area contributed by atoms with E-state index in [-0.39, 0.29) is 5.54 Å². The molecule has 1 aromatic heterocycles. The smallest absolute Gasteiger partial charge is 0.0627 e. The van der Waals surface area contributed by atoms with E-state index in [1.165, 1.54) is 35.6 Å². The molecule has 0 amide bonds. The van der Waals surface area contributed by atoms with E-state index < -0.39 is 0 Å². The van der Waals surface area contributed by atoms with Crippen molar-refractivity contribution in [2.24, 2.45) is 0 Å². The van der Waals surface area contributed by atoms with Crippen LogP contribution in [0.3, 0.4) is 0 Å². The molecule has 0 saturated carbocycles. The fourth-order valence-electron chi connectivity index (χ4n) is 4.52. The van der Waals surface area contributed by atoms with E-state index in [0.29, 0.717) is 6.04 Å². The monoisotopic (exact) mass is 396 g/mol. The molecule has 2 aromatic rings. The summed E-state index contributed by atoms with van der Waals surface area (Å²) in [4.78, 5) is 5.21. The van der Waals surface area contributed by atoms with Crippen LogP contribution in [0, 0.1) is 6.92 Å². The second-order valence-electron chi connectivity index (χ2n) is 9.75. The van der Waals surface area contributed by atoms with Crippen LogP contribution in [0.2, 0.25) is 0 Å². The van der Waals surface area contributed by atoms with Crippen LogP contribution < -0.4 is 4.90 Å². The van der Waals surface area contributed by atoms with E-state index in [2.05, 4.69) is 86.4 Å². The first-order valence-electron chi connectivity index (χ1n) is 11.4. The van der Waals surface area contributed by atoms with Gasteiger partial charge in [-0.1, -0.05) is 25.5 Å². The molecule has 29 heavy (non-hydrogen) atoms. The largest absolute Gasteiger partial charge is 0.366 e. The van der Waals surface area contributed by atoms with Crippen LogP contribution in [0.1, 0.15) is 64.4 Å². The molecule has 1 aliphatic heterocycles. The van der Waals surface area contributed by atoms with Crippen LogP contribution in [-0.2, 0) is 18.4 Å². The highest BCUT2D eigenvalue weighted by atomic mass is 15.3. The summed E-state index contributed by atoms with van der Waals surface area (Å²) in [5.74, 6) is 0. The zero-order valence-corrected chi connectivity index (χ0v) is 19.4. The zero-order chi connectivity index (χ0) is 21.0. The van der Waals surface area contributed by atoms with Gasteiger partial charge in [-0.2, -0.15) is 5.10 Å². The maximum Gasteiger partial charge on any atom is 0.0627 e. The van der Waals surface area contributed by atoms with Gasteiger partial charge in [0.15, 0.2) is 0 Å². The average Bonchev–Trinajstić information content (AvgIpc) is 3.05. The number of piperazine rings is 1. The van der Waals surface area contributed by atoms with Crippen LogP contribution in [0.15, 0.2) is 30.3 Å². The molecule has 3 rings (SSSR count). The number of anilines is 1. The summed E-state index contributed by atoms with van der Waals surface area (Å²) in [6, 6.07) is 11.8. The number of aryl methyl sites for hydroxylation is 3. The van der Waals surface area contributed by atoms with Crippen LogP contribution >= 0.6 is 0 Å². The maximum atomic E-state index is 4.90. The molecular formula is C25H40N4. The molecule has 1 atom stereocenters. The Kier molecular flexibility index (Phi) is 7.05. The molecule has 0 N–H and O–H groups in total. The predicted octanol–water partition coefficient (Wildman–Crippen LogP) is 5.04. The predicted molar refractivity (Wildman–Crippen MR) is 124 cm³/mol. The third-order valence-corrected chi connectivity index (χ3v) is 5.93. The van der Waals surface area contributed by atoms with Crippen LogP contribution in [0.25, 0.3) is 0 Å². The molecule has 0 spiro atoms. The molecule has 0 bridgehead atoms. The molecule has 1 saturated heterocycles. The summed E-state index contributed by atoms with van der Waals surface area (Å²) >= 11 is 0. The third kappa shape index (κ3) is 5.63. The lowest BCUT2D eigenvalue weighted by Crippen LogP contribution is -2.52. The Hall–Kier alpha value is -1.81. The number of rotatable bonds is 7. The highest BCUT2D eigenvalue weighted by Gasteiger charge is 2.24. The Labute approximate surface area is 177 Å². The van der Waals surface area contributed by atoms with Gasteiger partial charge in [0, 0.05) is 37.1 Å². The van der Waals surface area contributed by atoms with Crippen LogP contribution in [0.4, 0.5) is 5.69 Å². The molecule has 1 aliphatic rings. The molecule has 160 valence electrons. The molecule has 1 unspecified atom stereocenters. The summed E-state index contributed by atoms with van der Waals surface area (Å²) in [5, 5.41) is 4.90. The first-order valence-corrected chi connectivity index (χ1v) is 11.4. The van der Waals surface area contributed by atoms with Gasteiger partial charge in [-0.15, -0.1) is 0 Å². The quantitative estimate of drug-likeness (QED) is 0.655. The second kappa shape index (κ2) is 9.34. The van der Waals surface area contributed by atoms with Crippen molar-refractivity contribution in [1.29, 1.82) is 0 Å². The standard InChI is InChI=1S/C25H40N4/c1-7-10-22-18-24(29(26-22)25(4,5)6)13-9-14-27-15-16-28(21(3)19-27)23-12-8-11-20(2)17-23/h8,11-12,17-18,21H,7,9-10,13-16,19H2,1-6H3. The highest BCUT2D eigenvalue weighted by molar-refractivity contribution is 5.49. The highest BCUT2D eigenvalue weighted by Crippen LogP contribution is 2.23. The number of nitrogens with zero attached hydrogens (tertiary/aromatic N) is 4. The van der Waals surface area contributed by atoms with Gasteiger partial charge in [-0.05, 0) is 84.2 Å². The van der Waals surface area contributed by atoms with Crippen molar-refractivity contribution >= 4 is 5.69 Å². The minimum atomic E-state index is 0.0509. The van der Waals surface area contributed by atoms with E-state index in [4.69, 9.17) is 5.10 Å². The second-order valence-corrected chi connectivity index (χ2v) is 9.75. The van der Waals surface area contributed by atoms with E-state index in [1.807, 2.05) is 0 Å². The summed E-state index contributed by atoms with van der Waals surface area (Å²) in [7, 11) is 0. The SMILES string of the molecule is CCCc1cc(CCCN2CCN(c3cccc(C)c3)C(C)C2)n(C(C)(C)C)n1. The normalized spacial score (nSPS) is 18.4. The van der Waals surface area contributed by atoms with Crippen molar-refractivity contribution in [3.05, 3.63) is 47.3 Å². The molecule has 4 heteroatoms. The number of hydrogen-bond donors (Lipinski definition) is 0. The fraction of sp³-hybridized carbons (Fsp3) is 0.640. The number of aromatic nitrogens is 2. The van der Waals surface area contributed by atoms with E-state index >= 15 is 0 Å². The Morgan fingerprint density at radius 1 is 1.10 bits per heavy atom. The van der Waals surface area contributed by atoms with E-state index in [9.17, 15) is 0 Å². The van der Waals surface area contributed by atoms with Crippen molar-refractivity contribution in [1.82, 2.24) is 14.7 Å². The summed E-state index contributed by atoms with van der Waals surface area (Å²) in [5.41, 5.74) is 5.41. The summed E-state index contributed by atoms with van der Waals surface area (Å²) in [6.07, 6.45) is 4.54. The summed E-state index contributed by atoms with van der Waals surface area (Å²) in [6.45, 7) is 18.1. The van der Waals surface area contributed by atoms with Crippen molar-refractivity contribution in [3.63, 3.8) is 0 Å². The molecular weight excluding hydrogens is 356 g/mol. The number of benzene rings is 1. The Bertz CT molecular complexity index is 786. The molecule has 4 nitrogen and oxygen atoms in total. The van der Waals surface area contributed by atoms with Gasteiger partial charge >= 0.3 is 0 Å². The first kappa shape index (κ1) is 21.9. The molecule has 0 aliphatic carbocycles. The van der Waals surface area contributed by atoms with Crippen molar-refractivity contribution in [2.45, 2.75) is 78.8 Å². The van der Waals surface area contributed by atoms with Crippen LogP contribution in [-0.4, -0.2) is 46.9 Å². The van der Waals surface area contributed by atoms with Gasteiger partial charge in [0.25, 0.3) is 0 Å². The molecule has 1 fully saturated rings. The van der Waals surface area contributed by atoms with Crippen LogP contribution in [0.5, 0.6) is 0 Å². The average molecular weight is 397 g/mol. The van der Waals surface area contributed by atoms with Gasteiger partial charge in [-0.25, -0.2) is 0 Å². The van der Waals surface area contributed by atoms with Gasteiger partial charge in [0.05, 0.1) is 11.2 Å². The lowest BCUT2D eigenvalue weighted by atomic mass is 10.1. The lowest BCUT2D eigenvalue weighted by molar-refractivity contribution is 0.225. The Morgan fingerprint density at radius 2 is 1.90 bits per heavy atom. The van der Waals surface area contributed by atoms with E-state index in [1.54, 1.807) is 0 Å². The molecule has 2 heterocycles. The minimum absolute atomic E-state index is 0.0509. The summed E-state index contributed by atoms with van der Waals surface area (Å²) < 4.78 is 2.26. The molecule has 1 aromatic carbocycles. The lowest BCUT2D eigenvalue weighted by Gasteiger charge is -2.41. The number of hydrogen-bond acceptors (Lipinski definition) is 3. The Morgan fingerprint density at radius 3 is 2.55 bits per heavy atom. The van der Waals surface area contributed by atoms with Gasteiger partial charge in [-0.3, -0.25) is 9.58 Å². The first-order chi connectivity index (χ1) is 13.8. The topological polar surface area (TPSA) is 24.3 Å². The fourth-order valence-corrected chi connectivity index (χ4v) is 4.52. The van der Waals surface area contributed by atoms with Crippen molar-refractivity contribution in [2.75, 3.05) is 31.1 Å². The minimum Gasteiger partial charge on any atom is -0.366 e. The van der Waals surface area contributed by atoms with E-state index in [0.717, 1.165) is 38.9 Å². The van der Waals surface area contributed by atoms with Crippen molar-refractivity contribution < 1.29 is 0 Å². The van der Waals surface area contributed by atoms with Crippen molar-refractivity contribution in [3.8, 4) is 0 Å². The maximum absolute atomic E-state index is 4.90. The zero-order valence-electron chi connectivity index (χ0n) is 19.4. The third-order valence-electron chi connectivity index (χ3n) is 5.93.